The lowest BCUT2D eigenvalue weighted by Gasteiger charge is -2.20. The summed E-state index contributed by atoms with van der Waals surface area (Å²) in [6.07, 6.45) is 4.83. The van der Waals surface area contributed by atoms with Gasteiger partial charge >= 0.3 is 6.09 Å². The molecule has 13 heavy (non-hydrogen) atoms. The topological polar surface area (TPSA) is 29.5 Å². The van der Waals surface area contributed by atoms with Crippen molar-refractivity contribution < 1.29 is 9.53 Å². The van der Waals surface area contributed by atoms with Crippen LogP contribution in [0.1, 0.15) is 13.8 Å². The summed E-state index contributed by atoms with van der Waals surface area (Å²) in [5.74, 6) is 0.404. The Morgan fingerprint density at radius 1 is 1.69 bits per heavy atom. The van der Waals surface area contributed by atoms with Crippen molar-refractivity contribution in [1.29, 1.82) is 0 Å². The molecule has 1 amide bonds. The fourth-order valence-corrected chi connectivity index (χ4v) is 1.29. The second kappa shape index (κ2) is 4.12. The van der Waals surface area contributed by atoms with Crippen LogP contribution in [0.4, 0.5) is 4.79 Å². The van der Waals surface area contributed by atoms with Crippen LogP contribution in [-0.2, 0) is 4.74 Å². The molecule has 0 aliphatic carbocycles. The highest BCUT2D eigenvalue weighted by atomic mass is 16.6. The predicted octanol–water partition coefficient (Wildman–Crippen LogP) is 2.16. The van der Waals surface area contributed by atoms with Crippen LogP contribution < -0.4 is 0 Å². The number of hydrogen-bond acceptors (Lipinski definition) is 2. The number of allylic oxidation sites excluding steroid dienone is 2. The Hall–Kier alpha value is -1.25. The summed E-state index contributed by atoms with van der Waals surface area (Å²) in [7, 11) is 0. The molecule has 0 aromatic rings. The van der Waals surface area contributed by atoms with Crippen molar-refractivity contribution in [2.24, 2.45) is 5.92 Å². The van der Waals surface area contributed by atoms with Gasteiger partial charge in [0.2, 0.25) is 0 Å². The van der Waals surface area contributed by atoms with Gasteiger partial charge in [0.05, 0.1) is 6.04 Å². The van der Waals surface area contributed by atoms with E-state index in [1.165, 1.54) is 0 Å². The Labute approximate surface area is 78.7 Å². The van der Waals surface area contributed by atoms with E-state index in [-0.39, 0.29) is 12.1 Å². The van der Waals surface area contributed by atoms with E-state index < -0.39 is 0 Å². The highest BCUT2D eigenvalue weighted by Crippen LogP contribution is 2.19. The minimum Gasteiger partial charge on any atom is -0.447 e. The summed E-state index contributed by atoms with van der Waals surface area (Å²) in [6.45, 7) is 8.18. The molecule has 1 unspecified atom stereocenters. The number of cyclic esters (lactones) is 1. The van der Waals surface area contributed by atoms with E-state index in [2.05, 4.69) is 20.4 Å². The van der Waals surface area contributed by atoms with E-state index in [9.17, 15) is 4.79 Å². The standard InChI is InChI=1S/C10H15NO2/c1-4-5-6-11-9(8(2)3)7-13-10(11)12/h4-6,8-9H,1,7H2,2-3H3/b6-5-. The summed E-state index contributed by atoms with van der Waals surface area (Å²) in [5, 5.41) is 0. The summed E-state index contributed by atoms with van der Waals surface area (Å²) in [6, 6.07) is 0.156. The fourth-order valence-electron chi connectivity index (χ4n) is 1.29. The van der Waals surface area contributed by atoms with E-state index in [0.29, 0.717) is 12.5 Å². The van der Waals surface area contributed by atoms with Crippen molar-refractivity contribution in [3.63, 3.8) is 0 Å². The van der Waals surface area contributed by atoms with Gasteiger partial charge in [0.15, 0.2) is 0 Å². The highest BCUT2D eigenvalue weighted by molar-refractivity contribution is 5.71. The molecule has 1 saturated heterocycles. The molecule has 1 atom stereocenters. The fraction of sp³-hybridized carbons (Fsp3) is 0.500. The highest BCUT2D eigenvalue weighted by Gasteiger charge is 2.32. The van der Waals surface area contributed by atoms with Crippen LogP contribution >= 0.6 is 0 Å². The van der Waals surface area contributed by atoms with Crippen molar-refractivity contribution in [1.82, 2.24) is 4.90 Å². The molecule has 1 fully saturated rings. The molecular formula is C10H15NO2. The molecule has 0 radical (unpaired) electrons. The number of hydrogen-bond donors (Lipinski definition) is 0. The second-order valence-electron chi connectivity index (χ2n) is 3.37. The molecule has 3 nitrogen and oxygen atoms in total. The molecule has 0 N–H and O–H groups in total. The van der Waals surface area contributed by atoms with Gasteiger partial charge in [0.1, 0.15) is 6.61 Å². The Bertz CT molecular complexity index is 233. The van der Waals surface area contributed by atoms with Gasteiger partial charge < -0.3 is 4.74 Å². The largest absolute Gasteiger partial charge is 0.447 e. The summed E-state index contributed by atoms with van der Waals surface area (Å²) in [5.41, 5.74) is 0. The van der Waals surface area contributed by atoms with E-state index in [0.717, 1.165) is 0 Å². The third-order valence-corrected chi connectivity index (χ3v) is 2.10. The number of nitrogens with zero attached hydrogens (tertiary/aromatic N) is 1. The molecule has 1 rings (SSSR count). The number of ether oxygens (including phenoxy) is 1. The van der Waals surface area contributed by atoms with Crippen molar-refractivity contribution in [2.75, 3.05) is 6.61 Å². The third kappa shape index (κ3) is 2.11. The van der Waals surface area contributed by atoms with Crippen LogP contribution in [0.2, 0.25) is 0 Å². The van der Waals surface area contributed by atoms with Crippen LogP contribution in [-0.4, -0.2) is 23.6 Å². The van der Waals surface area contributed by atoms with Crippen LogP contribution in [0, 0.1) is 5.92 Å². The monoisotopic (exact) mass is 181 g/mol. The minimum absolute atomic E-state index is 0.156. The smallest absolute Gasteiger partial charge is 0.414 e. The van der Waals surface area contributed by atoms with Gasteiger partial charge in [-0.2, -0.15) is 0 Å². The maximum absolute atomic E-state index is 11.2. The first kappa shape index (κ1) is 9.84. The average Bonchev–Trinajstić information content (AvgIpc) is 2.43. The first-order chi connectivity index (χ1) is 6.16. The lowest BCUT2D eigenvalue weighted by molar-refractivity contribution is 0.166. The SMILES string of the molecule is C=C/C=C\N1C(=O)OCC1C(C)C. The van der Waals surface area contributed by atoms with Crippen LogP contribution in [0.5, 0.6) is 0 Å². The van der Waals surface area contributed by atoms with Gasteiger partial charge in [0, 0.05) is 6.20 Å². The zero-order valence-corrected chi connectivity index (χ0v) is 8.06. The maximum Gasteiger partial charge on any atom is 0.414 e. The van der Waals surface area contributed by atoms with Crippen molar-refractivity contribution in [3.05, 3.63) is 24.9 Å². The second-order valence-corrected chi connectivity index (χ2v) is 3.37. The van der Waals surface area contributed by atoms with Gasteiger partial charge in [0.25, 0.3) is 0 Å². The molecule has 1 aliphatic heterocycles. The molecular weight excluding hydrogens is 166 g/mol. The number of carbonyl (C=O) groups is 1. The molecule has 0 aromatic heterocycles. The molecule has 1 aliphatic rings. The van der Waals surface area contributed by atoms with E-state index in [1.807, 2.05) is 0 Å². The van der Waals surface area contributed by atoms with Gasteiger partial charge in [-0.3, -0.25) is 4.90 Å². The molecule has 0 aromatic carbocycles. The number of rotatable bonds is 3. The van der Waals surface area contributed by atoms with E-state index in [1.54, 1.807) is 23.3 Å². The molecule has 1 heterocycles. The number of amides is 1. The van der Waals surface area contributed by atoms with Crippen LogP contribution in [0.3, 0.4) is 0 Å². The van der Waals surface area contributed by atoms with E-state index >= 15 is 0 Å². The molecule has 0 spiro atoms. The normalized spacial score (nSPS) is 22.8. The lowest BCUT2D eigenvalue weighted by atomic mass is 10.1. The van der Waals surface area contributed by atoms with Gasteiger partial charge in [-0.1, -0.05) is 26.5 Å². The average molecular weight is 181 g/mol. The van der Waals surface area contributed by atoms with Gasteiger partial charge in [-0.05, 0) is 12.0 Å². The Kier molecular flexibility index (Phi) is 3.12. The van der Waals surface area contributed by atoms with Gasteiger partial charge in [-0.25, -0.2) is 4.79 Å². The molecule has 3 heteroatoms. The van der Waals surface area contributed by atoms with Crippen molar-refractivity contribution >= 4 is 6.09 Å². The molecule has 0 saturated carbocycles. The van der Waals surface area contributed by atoms with E-state index in [4.69, 9.17) is 4.74 Å². The first-order valence-corrected chi connectivity index (χ1v) is 4.41. The maximum atomic E-state index is 11.2. The van der Waals surface area contributed by atoms with Crippen molar-refractivity contribution in [3.8, 4) is 0 Å². The lowest BCUT2D eigenvalue weighted by Crippen LogP contribution is -2.32. The number of carbonyl (C=O) groups excluding carboxylic acids is 1. The molecule has 0 bridgehead atoms. The van der Waals surface area contributed by atoms with Gasteiger partial charge in [-0.15, -0.1) is 0 Å². The minimum atomic E-state index is -0.267. The summed E-state index contributed by atoms with van der Waals surface area (Å²) >= 11 is 0. The Morgan fingerprint density at radius 3 is 2.92 bits per heavy atom. The third-order valence-electron chi connectivity index (χ3n) is 2.10. The van der Waals surface area contributed by atoms with Crippen LogP contribution in [0.25, 0.3) is 0 Å². The quantitative estimate of drug-likeness (QED) is 0.624. The predicted molar refractivity (Wildman–Crippen MR) is 51.2 cm³/mol. The zero-order valence-electron chi connectivity index (χ0n) is 8.06. The first-order valence-electron chi connectivity index (χ1n) is 4.41. The van der Waals surface area contributed by atoms with Crippen molar-refractivity contribution in [2.45, 2.75) is 19.9 Å². The Morgan fingerprint density at radius 2 is 2.38 bits per heavy atom. The summed E-state index contributed by atoms with van der Waals surface area (Å²) < 4.78 is 4.94. The Balaban J connectivity index is 2.70. The van der Waals surface area contributed by atoms with Crippen LogP contribution in [0.15, 0.2) is 24.9 Å². The zero-order chi connectivity index (χ0) is 9.84. The molecule has 72 valence electrons. The summed E-state index contributed by atoms with van der Waals surface area (Å²) in [4.78, 5) is 12.8.